The maximum atomic E-state index is 13.9. The van der Waals surface area contributed by atoms with E-state index in [0.29, 0.717) is 10.6 Å². The number of nitrogens with one attached hydrogen (secondary N) is 1. The molecule has 29 heavy (non-hydrogen) atoms. The zero-order valence-electron chi connectivity index (χ0n) is 14.8. The van der Waals surface area contributed by atoms with E-state index in [4.69, 9.17) is 16.9 Å². The lowest BCUT2D eigenvalue weighted by Crippen LogP contribution is -2.43. The highest BCUT2D eigenvalue weighted by molar-refractivity contribution is 7.09. The average molecular weight is 443 g/mol. The average Bonchev–Trinajstić information content (AvgIpc) is 3.25. The molecule has 0 saturated carbocycles. The zero-order valence-corrected chi connectivity index (χ0v) is 16.4. The van der Waals surface area contributed by atoms with Gasteiger partial charge in [-0.3, -0.25) is 9.59 Å². The largest absolute Gasteiger partial charge is 0.342 e. The summed E-state index contributed by atoms with van der Waals surface area (Å²) < 4.78 is 40.7. The van der Waals surface area contributed by atoms with Crippen LogP contribution in [0.25, 0.3) is 0 Å². The van der Waals surface area contributed by atoms with Gasteiger partial charge < -0.3 is 10.2 Å². The predicted octanol–water partition coefficient (Wildman–Crippen LogP) is 3.02. The number of halogens is 4. The Kier molecular flexibility index (Phi) is 6.10. The van der Waals surface area contributed by atoms with Gasteiger partial charge in [0, 0.05) is 23.2 Å². The molecule has 1 atom stereocenters. The second kappa shape index (κ2) is 8.39. The van der Waals surface area contributed by atoms with Gasteiger partial charge in [0.25, 0.3) is 11.8 Å². The van der Waals surface area contributed by atoms with Gasteiger partial charge in [0.15, 0.2) is 0 Å². The SMILES string of the molecule is N#C[C@@H]1CC(F)(F)CN1C(=O)CNC(=O)c1csc(Cc2ccc(Cl)cc2F)n1. The number of carbonyl (C=O) groups is 2. The number of alkyl halides is 2. The predicted molar refractivity (Wildman–Crippen MR) is 99.3 cm³/mol. The van der Waals surface area contributed by atoms with Crippen LogP contribution in [0.3, 0.4) is 0 Å². The second-order valence-electron chi connectivity index (χ2n) is 6.45. The minimum absolute atomic E-state index is 0.0238. The van der Waals surface area contributed by atoms with E-state index in [1.54, 1.807) is 12.1 Å². The fraction of sp³-hybridized carbons (Fsp3) is 0.333. The molecule has 1 aromatic heterocycles. The summed E-state index contributed by atoms with van der Waals surface area (Å²) in [5.41, 5.74) is 0.388. The summed E-state index contributed by atoms with van der Waals surface area (Å²) in [6.07, 6.45) is -0.563. The normalized spacial score (nSPS) is 17.8. The third kappa shape index (κ3) is 5.05. The van der Waals surface area contributed by atoms with Crippen LogP contribution in [-0.2, 0) is 11.2 Å². The molecule has 2 heterocycles. The Balaban J connectivity index is 1.58. The molecule has 1 aliphatic heterocycles. The van der Waals surface area contributed by atoms with Crippen molar-refractivity contribution < 1.29 is 22.8 Å². The number of carbonyl (C=O) groups excluding carboxylic acids is 2. The van der Waals surface area contributed by atoms with Crippen molar-refractivity contribution in [3.8, 4) is 6.07 Å². The molecular weight excluding hydrogens is 429 g/mol. The van der Waals surface area contributed by atoms with Crippen LogP contribution in [0.15, 0.2) is 23.6 Å². The number of benzene rings is 1. The van der Waals surface area contributed by atoms with Gasteiger partial charge in [0.05, 0.1) is 24.2 Å². The van der Waals surface area contributed by atoms with Gasteiger partial charge in [-0.1, -0.05) is 17.7 Å². The summed E-state index contributed by atoms with van der Waals surface area (Å²) in [7, 11) is 0. The summed E-state index contributed by atoms with van der Waals surface area (Å²) in [6, 6.07) is 4.69. The lowest BCUT2D eigenvalue weighted by atomic mass is 10.1. The van der Waals surface area contributed by atoms with Crippen LogP contribution in [0.4, 0.5) is 13.2 Å². The monoisotopic (exact) mass is 442 g/mol. The molecule has 6 nitrogen and oxygen atoms in total. The lowest BCUT2D eigenvalue weighted by molar-refractivity contribution is -0.131. The summed E-state index contributed by atoms with van der Waals surface area (Å²) >= 11 is 6.85. The van der Waals surface area contributed by atoms with Gasteiger partial charge in [-0.25, -0.2) is 18.2 Å². The molecule has 0 radical (unpaired) electrons. The first kappa shape index (κ1) is 21.1. The zero-order chi connectivity index (χ0) is 21.2. The minimum atomic E-state index is -3.12. The van der Waals surface area contributed by atoms with Crippen molar-refractivity contribution in [1.82, 2.24) is 15.2 Å². The fourth-order valence-corrected chi connectivity index (χ4v) is 3.82. The third-order valence-electron chi connectivity index (χ3n) is 4.28. The fourth-order valence-electron chi connectivity index (χ4n) is 2.87. The highest BCUT2D eigenvalue weighted by Gasteiger charge is 2.47. The molecular formula is C18H14ClF3N4O2S. The molecule has 1 aromatic carbocycles. The van der Waals surface area contributed by atoms with Crippen LogP contribution < -0.4 is 5.32 Å². The van der Waals surface area contributed by atoms with Crippen LogP contribution >= 0.6 is 22.9 Å². The molecule has 0 aliphatic carbocycles. The molecule has 3 rings (SSSR count). The Morgan fingerprint density at radius 1 is 1.45 bits per heavy atom. The second-order valence-corrected chi connectivity index (χ2v) is 7.83. The number of hydrogen-bond acceptors (Lipinski definition) is 5. The van der Waals surface area contributed by atoms with Crippen LogP contribution in [0.5, 0.6) is 0 Å². The molecule has 0 unspecified atom stereocenters. The summed E-state index contributed by atoms with van der Waals surface area (Å²) in [4.78, 5) is 29.2. The molecule has 2 aromatic rings. The van der Waals surface area contributed by atoms with Gasteiger partial charge in [0.1, 0.15) is 17.6 Å². The molecule has 152 valence electrons. The van der Waals surface area contributed by atoms with E-state index in [-0.39, 0.29) is 17.1 Å². The van der Waals surface area contributed by atoms with E-state index >= 15 is 0 Å². The Bertz CT molecular complexity index is 992. The van der Waals surface area contributed by atoms with Gasteiger partial charge in [-0.2, -0.15) is 5.26 Å². The number of likely N-dealkylation sites (tertiary alicyclic amines) is 1. The van der Waals surface area contributed by atoms with E-state index in [1.807, 2.05) is 0 Å². The molecule has 0 spiro atoms. The van der Waals surface area contributed by atoms with Crippen LogP contribution in [0.1, 0.15) is 27.5 Å². The number of hydrogen-bond donors (Lipinski definition) is 1. The van der Waals surface area contributed by atoms with Crippen molar-refractivity contribution in [2.75, 3.05) is 13.1 Å². The maximum Gasteiger partial charge on any atom is 0.271 e. The van der Waals surface area contributed by atoms with Crippen molar-refractivity contribution in [1.29, 1.82) is 5.26 Å². The van der Waals surface area contributed by atoms with Gasteiger partial charge in [-0.05, 0) is 17.7 Å². The third-order valence-corrected chi connectivity index (χ3v) is 5.36. The molecule has 2 amide bonds. The van der Waals surface area contributed by atoms with E-state index in [1.165, 1.54) is 17.5 Å². The number of nitrogens with zero attached hydrogens (tertiary/aromatic N) is 3. The smallest absolute Gasteiger partial charge is 0.271 e. The van der Waals surface area contributed by atoms with Gasteiger partial charge >= 0.3 is 0 Å². The first-order valence-corrected chi connectivity index (χ1v) is 9.68. The number of aromatic nitrogens is 1. The highest BCUT2D eigenvalue weighted by Crippen LogP contribution is 2.31. The van der Waals surface area contributed by atoms with E-state index in [2.05, 4.69) is 10.3 Å². The summed E-state index contributed by atoms with van der Waals surface area (Å²) in [5.74, 6) is -5.06. The first-order chi connectivity index (χ1) is 13.7. The Morgan fingerprint density at radius 3 is 2.90 bits per heavy atom. The van der Waals surface area contributed by atoms with Gasteiger partial charge in [0.2, 0.25) is 5.91 Å². The Labute approximate surface area is 172 Å². The number of rotatable bonds is 5. The molecule has 1 fully saturated rings. The Morgan fingerprint density at radius 2 is 2.21 bits per heavy atom. The van der Waals surface area contributed by atoms with E-state index in [0.717, 1.165) is 16.2 Å². The van der Waals surface area contributed by atoms with Crippen molar-refractivity contribution in [3.05, 3.63) is 50.7 Å². The number of thiazole rings is 1. The molecule has 1 aliphatic rings. The number of amides is 2. The molecule has 11 heteroatoms. The standard InChI is InChI=1S/C18H14ClF3N4O2S/c19-11-2-1-10(13(20)4-11)3-15-25-14(8-29-15)17(28)24-7-16(27)26-9-18(21,22)5-12(26)6-23/h1-2,4,8,12H,3,5,7,9H2,(H,24,28)/t12-/m0/s1. The van der Waals surface area contributed by atoms with E-state index < -0.39 is 49.1 Å². The van der Waals surface area contributed by atoms with E-state index in [9.17, 15) is 22.8 Å². The number of nitriles is 1. The van der Waals surface area contributed by atoms with Crippen molar-refractivity contribution in [2.24, 2.45) is 0 Å². The minimum Gasteiger partial charge on any atom is -0.342 e. The molecule has 0 bridgehead atoms. The maximum absolute atomic E-state index is 13.9. The van der Waals surface area contributed by atoms with Crippen LogP contribution in [0.2, 0.25) is 5.02 Å². The lowest BCUT2D eigenvalue weighted by Gasteiger charge is -2.19. The first-order valence-electron chi connectivity index (χ1n) is 8.42. The van der Waals surface area contributed by atoms with Crippen LogP contribution in [-0.4, -0.2) is 46.8 Å². The highest BCUT2D eigenvalue weighted by atomic mass is 35.5. The van der Waals surface area contributed by atoms with Crippen LogP contribution in [0, 0.1) is 17.1 Å². The van der Waals surface area contributed by atoms with Gasteiger partial charge in [-0.15, -0.1) is 11.3 Å². The topological polar surface area (TPSA) is 86.1 Å². The molecule has 1 saturated heterocycles. The quantitative estimate of drug-likeness (QED) is 0.771. The molecule has 1 N–H and O–H groups in total. The summed E-state index contributed by atoms with van der Waals surface area (Å²) in [5, 5.41) is 13.4. The summed E-state index contributed by atoms with van der Waals surface area (Å²) in [6.45, 7) is -1.39. The van der Waals surface area contributed by atoms with Crippen molar-refractivity contribution in [3.63, 3.8) is 0 Å². The van der Waals surface area contributed by atoms with Crippen molar-refractivity contribution >= 4 is 34.8 Å². The Hall–Kier alpha value is -2.64. The van der Waals surface area contributed by atoms with Crippen molar-refractivity contribution in [2.45, 2.75) is 24.8 Å².